The molecule has 0 spiro atoms. The highest BCUT2D eigenvalue weighted by Gasteiger charge is 2.19. The molecule has 2 heterocycles. The second-order valence-corrected chi connectivity index (χ2v) is 5.43. The standard InChI is InChI=1S/C15H24N2O3/c1-3-6-13-11-14(16-20-13)15(18)17(2)9-8-12-7-4-5-10-19-12/h11-12H,3-10H2,1-2H3. The molecule has 1 atom stereocenters. The number of amides is 1. The van der Waals surface area contributed by atoms with Gasteiger partial charge in [-0.15, -0.1) is 0 Å². The van der Waals surface area contributed by atoms with Gasteiger partial charge in [-0.2, -0.15) is 0 Å². The molecule has 0 radical (unpaired) electrons. The van der Waals surface area contributed by atoms with Gasteiger partial charge in [-0.1, -0.05) is 12.1 Å². The summed E-state index contributed by atoms with van der Waals surface area (Å²) in [5, 5.41) is 3.85. The van der Waals surface area contributed by atoms with Gasteiger partial charge < -0.3 is 14.2 Å². The molecule has 2 rings (SSSR count). The van der Waals surface area contributed by atoms with Gasteiger partial charge in [0.15, 0.2) is 5.69 Å². The molecule has 1 saturated heterocycles. The van der Waals surface area contributed by atoms with Crippen LogP contribution in [-0.2, 0) is 11.2 Å². The highest BCUT2D eigenvalue weighted by atomic mass is 16.5. The summed E-state index contributed by atoms with van der Waals surface area (Å²) in [5.74, 6) is 0.701. The number of rotatable bonds is 6. The molecule has 0 N–H and O–H groups in total. The van der Waals surface area contributed by atoms with E-state index in [0.717, 1.165) is 44.5 Å². The Morgan fingerprint density at radius 3 is 3.05 bits per heavy atom. The Labute approximate surface area is 120 Å². The number of nitrogens with zero attached hydrogens (tertiary/aromatic N) is 2. The van der Waals surface area contributed by atoms with Crippen LogP contribution < -0.4 is 0 Å². The maximum absolute atomic E-state index is 12.2. The van der Waals surface area contributed by atoms with Crippen LogP contribution in [0, 0.1) is 0 Å². The summed E-state index contributed by atoms with van der Waals surface area (Å²) in [4.78, 5) is 13.9. The highest BCUT2D eigenvalue weighted by Crippen LogP contribution is 2.16. The summed E-state index contributed by atoms with van der Waals surface area (Å²) in [6.07, 6.45) is 6.48. The molecule has 20 heavy (non-hydrogen) atoms. The quantitative estimate of drug-likeness (QED) is 0.804. The molecule has 1 fully saturated rings. The molecule has 1 aromatic heterocycles. The van der Waals surface area contributed by atoms with Gasteiger partial charge in [0.05, 0.1) is 6.10 Å². The van der Waals surface area contributed by atoms with Gasteiger partial charge in [-0.3, -0.25) is 4.79 Å². The first kappa shape index (κ1) is 15.0. The Bertz CT molecular complexity index is 425. The molecule has 0 bridgehead atoms. The van der Waals surface area contributed by atoms with E-state index in [9.17, 15) is 4.79 Å². The number of carbonyl (C=O) groups is 1. The van der Waals surface area contributed by atoms with E-state index in [1.807, 2.05) is 0 Å². The van der Waals surface area contributed by atoms with E-state index >= 15 is 0 Å². The Morgan fingerprint density at radius 1 is 1.50 bits per heavy atom. The number of carbonyl (C=O) groups excluding carboxylic acids is 1. The Morgan fingerprint density at radius 2 is 2.35 bits per heavy atom. The van der Waals surface area contributed by atoms with Crippen molar-refractivity contribution in [3.63, 3.8) is 0 Å². The molecule has 1 amide bonds. The normalized spacial score (nSPS) is 19.0. The fraction of sp³-hybridized carbons (Fsp3) is 0.733. The van der Waals surface area contributed by atoms with E-state index in [2.05, 4.69) is 12.1 Å². The minimum absolute atomic E-state index is 0.0769. The zero-order chi connectivity index (χ0) is 14.4. The van der Waals surface area contributed by atoms with E-state index in [4.69, 9.17) is 9.26 Å². The van der Waals surface area contributed by atoms with Gasteiger partial charge in [0.2, 0.25) is 0 Å². The summed E-state index contributed by atoms with van der Waals surface area (Å²) in [6, 6.07) is 1.75. The van der Waals surface area contributed by atoms with Crippen molar-refractivity contribution in [3.05, 3.63) is 17.5 Å². The lowest BCUT2D eigenvalue weighted by molar-refractivity contribution is 0.00703. The molecule has 1 aromatic rings. The molecular weight excluding hydrogens is 256 g/mol. The third kappa shape index (κ3) is 4.07. The van der Waals surface area contributed by atoms with Gasteiger partial charge in [0, 0.05) is 32.7 Å². The van der Waals surface area contributed by atoms with Crippen LogP contribution in [0.25, 0.3) is 0 Å². The van der Waals surface area contributed by atoms with E-state index in [-0.39, 0.29) is 5.91 Å². The summed E-state index contributed by atoms with van der Waals surface area (Å²) in [7, 11) is 1.80. The molecule has 1 unspecified atom stereocenters. The first-order valence-corrected chi connectivity index (χ1v) is 7.53. The predicted molar refractivity (Wildman–Crippen MR) is 75.7 cm³/mol. The van der Waals surface area contributed by atoms with Crippen LogP contribution in [-0.4, -0.2) is 42.3 Å². The summed E-state index contributed by atoms with van der Waals surface area (Å²) in [5.41, 5.74) is 0.403. The second kappa shape index (κ2) is 7.43. The molecule has 112 valence electrons. The van der Waals surface area contributed by atoms with Crippen LogP contribution in [0.3, 0.4) is 0 Å². The number of ether oxygens (including phenoxy) is 1. The van der Waals surface area contributed by atoms with E-state index in [1.165, 1.54) is 6.42 Å². The predicted octanol–water partition coefficient (Wildman–Crippen LogP) is 2.66. The Hall–Kier alpha value is -1.36. The van der Waals surface area contributed by atoms with Crippen LogP contribution in [0.5, 0.6) is 0 Å². The van der Waals surface area contributed by atoms with Crippen molar-refractivity contribution < 1.29 is 14.1 Å². The van der Waals surface area contributed by atoms with Crippen LogP contribution in [0.15, 0.2) is 10.6 Å². The molecule has 1 aliphatic rings. The van der Waals surface area contributed by atoms with Gasteiger partial charge in [-0.25, -0.2) is 0 Å². The molecule has 5 nitrogen and oxygen atoms in total. The topological polar surface area (TPSA) is 55.6 Å². The van der Waals surface area contributed by atoms with E-state index in [0.29, 0.717) is 18.3 Å². The van der Waals surface area contributed by atoms with Gasteiger partial charge in [0.25, 0.3) is 5.91 Å². The number of hydrogen-bond donors (Lipinski definition) is 0. The maximum atomic E-state index is 12.2. The van der Waals surface area contributed by atoms with Gasteiger partial charge in [0.1, 0.15) is 5.76 Å². The SMILES string of the molecule is CCCc1cc(C(=O)N(C)CCC2CCCCO2)no1. The Kier molecular flexibility index (Phi) is 5.59. The fourth-order valence-corrected chi connectivity index (χ4v) is 2.45. The molecular formula is C15H24N2O3. The van der Waals surface area contributed by atoms with Crippen LogP contribution in [0.1, 0.15) is 55.3 Å². The van der Waals surface area contributed by atoms with Crippen molar-refractivity contribution in [1.82, 2.24) is 10.1 Å². The monoisotopic (exact) mass is 280 g/mol. The third-order valence-corrected chi connectivity index (χ3v) is 3.68. The summed E-state index contributed by atoms with van der Waals surface area (Å²) in [6.45, 7) is 3.62. The molecule has 1 aliphatic heterocycles. The van der Waals surface area contributed by atoms with Gasteiger partial charge in [-0.05, 0) is 32.1 Å². The highest BCUT2D eigenvalue weighted by molar-refractivity contribution is 5.92. The van der Waals surface area contributed by atoms with Gasteiger partial charge >= 0.3 is 0 Å². The second-order valence-electron chi connectivity index (χ2n) is 5.43. The molecule has 0 saturated carbocycles. The average molecular weight is 280 g/mol. The van der Waals surface area contributed by atoms with Crippen LogP contribution in [0.2, 0.25) is 0 Å². The van der Waals surface area contributed by atoms with Crippen LogP contribution in [0.4, 0.5) is 0 Å². The van der Waals surface area contributed by atoms with E-state index in [1.54, 1.807) is 18.0 Å². The minimum Gasteiger partial charge on any atom is -0.378 e. The van der Waals surface area contributed by atoms with Crippen molar-refractivity contribution in [2.75, 3.05) is 20.2 Å². The lowest BCUT2D eigenvalue weighted by Crippen LogP contribution is -2.31. The minimum atomic E-state index is -0.0769. The zero-order valence-electron chi connectivity index (χ0n) is 12.4. The van der Waals surface area contributed by atoms with Crippen molar-refractivity contribution in [2.24, 2.45) is 0 Å². The number of aromatic nitrogens is 1. The number of aryl methyl sites for hydroxylation is 1. The third-order valence-electron chi connectivity index (χ3n) is 3.68. The molecule has 0 aliphatic carbocycles. The van der Waals surface area contributed by atoms with Crippen molar-refractivity contribution in [3.8, 4) is 0 Å². The van der Waals surface area contributed by atoms with E-state index < -0.39 is 0 Å². The molecule has 5 heteroatoms. The van der Waals surface area contributed by atoms with Crippen LogP contribution >= 0.6 is 0 Å². The smallest absolute Gasteiger partial charge is 0.275 e. The first-order chi connectivity index (χ1) is 9.70. The lowest BCUT2D eigenvalue weighted by Gasteiger charge is -2.24. The molecule has 0 aromatic carbocycles. The van der Waals surface area contributed by atoms with Crippen molar-refractivity contribution in [1.29, 1.82) is 0 Å². The van der Waals surface area contributed by atoms with Crippen molar-refractivity contribution >= 4 is 5.91 Å². The van der Waals surface area contributed by atoms with Crippen molar-refractivity contribution in [2.45, 2.75) is 51.6 Å². The average Bonchev–Trinajstić information content (AvgIpc) is 2.94. The zero-order valence-corrected chi connectivity index (χ0v) is 12.4. The largest absolute Gasteiger partial charge is 0.378 e. The fourth-order valence-electron chi connectivity index (χ4n) is 2.45. The lowest BCUT2D eigenvalue weighted by atomic mass is 10.1. The first-order valence-electron chi connectivity index (χ1n) is 7.53. The maximum Gasteiger partial charge on any atom is 0.275 e. The number of hydrogen-bond acceptors (Lipinski definition) is 4. The summed E-state index contributed by atoms with van der Waals surface area (Å²) < 4.78 is 10.8. The summed E-state index contributed by atoms with van der Waals surface area (Å²) >= 11 is 0. The Balaban J connectivity index is 1.81.